The second-order valence-corrected chi connectivity index (χ2v) is 9.96. The number of aliphatic hydroxyl groups excluding tert-OH is 4. The van der Waals surface area contributed by atoms with E-state index >= 15 is 0 Å². The van der Waals surface area contributed by atoms with E-state index in [1.54, 1.807) is 24.3 Å². The molecule has 2 aromatic carbocycles. The molecule has 174 valence electrons. The molecular formula is C22H22ClF3O5S. The molecule has 0 saturated carbocycles. The van der Waals surface area contributed by atoms with Gasteiger partial charge in [-0.3, -0.25) is 0 Å². The Hall–Kier alpha value is -1.33. The first kappa shape index (κ1) is 23.8. The van der Waals surface area contributed by atoms with Gasteiger partial charge in [-0.1, -0.05) is 35.9 Å². The molecule has 5 nitrogen and oxygen atoms in total. The van der Waals surface area contributed by atoms with Gasteiger partial charge in [-0.25, -0.2) is 0 Å². The van der Waals surface area contributed by atoms with Gasteiger partial charge in [-0.05, 0) is 40.8 Å². The first-order valence-corrected chi connectivity index (χ1v) is 11.2. The Bertz CT molecular complexity index is 985. The molecule has 0 aliphatic carbocycles. The normalized spacial score (nSPS) is 30.0. The topological polar surface area (TPSA) is 90.2 Å². The summed E-state index contributed by atoms with van der Waals surface area (Å²) in [7, 11) is 0. The van der Waals surface area contributed by atoms with Gasteiger partial charge < -0.3 is 25.2 Å². The fourth-order valence-electron chi connectivity index (χ4n) is 4.21. The molecule has 4 rings (SSSR count). The average Bonchev–Trinajstić information content (AvgIpc) is 3.08. The summed E-state index contributed by atoms with van der Waals surface area (Å²) in [6.45, 7) is -0.284. The molecule has 2 aliphatic rings. The molecule has 1 saturated heterocycles. The van der Waals surface area contributed by atoms with Gasteiger partial charge in [0.15, 0.2) is 4.93 Å². The molecule has 1 spiro atoms. The molecule has 0 amide bonds. The number of hydrogen-bond donors (Lipinski definition) is 4. The van der Waals surface area contributed by atoms with Crippen LogP contribution >= 0.6 is 23.4 Å². The maximum atomic E-state index is 12.6. The number of aliphatic hydroxyl groups is 4. The lowest BCUT2D eigenvalue weighted by Gasteiger charge is -2.45. The number of ether oxygens (including phenoxy) is 1. The van der Waals surface area contributed by atoms with Gasteiger partial charge in [-0.2, -0.15) is 13.2 Å². The second kappa shape index (κ2) is 8.79. The van der Waals surface area contributed by atoms with Gasteiger partial charge in [0.05, 0.1) is 31.0 Å². The Labute approximate surface area is 191 Å². The summed E-state index contributed by atoms with van der Waals surface area (Å²) >= 11 is 7.50. The predicted octanol–water partition coefficient (Wildman–Crippen LogP) is 2.91. The summed E-state index contributed by atoms with van der Waals surface area (Å²) in [5.41, 5.74) is 2.90. The van der Waals surface area contributed by atoms with Gasteiger partial charge in [0.2, 0.25) is 0 Å². The highest BCUT2D eigenvalue weighted by Gasteiger charge is 2.57. The van der Waals surface area contributed by atoms with Crippen LogP contribution in [0.4, 0.5) is 13.2 Å². The number of alkyl halides is 3. The Kier molecular flexibility index (Phi) is 6.54. The molecule has 1 fully saturated rings. The maximum Gasteiger partial charge on any atom is 0.393 e. The zero-order chi connectivity index (χ0) is 23.3. The Morgan fingerprint density at radius 2 is 1.72 bits per heavy atom. The van der Waals surface area contributed by atoms with E-state index < -0.39 is 47.7 Å². The quantitative estimate of drug-likeness (QED) is 0.527. The molecule has 0 unspecified atom stereocenters. The van der Waals surface area contributed by atoms with Crippen molar-refractivity contribution in [2.24, 2.45) is 0 Å². The summed E-state index contributed by atoms with van der Waals surface area (Å²) in [6.07, 6.45) is -9.21. The van der Waals surface area contributed by atoms with Gasteiger partial charge in [0.25, 0.3) is 0 Å². The standard InChI is InChI=1S/C22H22ClF3O5S/c23-16-7-14-10-31-22(20(30)19(29)18(28)17(9-27)32-22)15(14)6-13(16)5-11-1-3-12(4-2-11)8-21(24,25)26/h1-4,6-7,17-20,27-30H,5,8-10H2/t17-,18-,19+,20-,22+/m1/s1. The lowest BCUT2D eigenvalue weighted by atomic mass is 9.91. The highest BCUT2D eigenvalue weighted by atomic mass is 35.5. The Morgan fingerprint density at radius 1 is 1.06 bits per heavy atom. The van der Waals surface area contributed by atoms with Crippen LogP contribution in [-0.4, -0.2) is 56.8 Å². The molecule has 10 heteroatoms. The van der Waals surface area contributed by atoms with E-state index in [1.165, 1.54) is 12.1 Å². The van der Waals surface area contributed by atoms with E-state index in [2.05, 4.69) is 0 Å². The van der Waals surface area contributed by atoms with Crippen molar-refractivity contribution in [3.8, 4) is 0 Å². The van der Waals surface area contributed by atoms with Crippen LogP contribution < -0.4 is 0 Å². The molecular weight excluding hydrogens is 469 g/mol. The van der Waals surface area contributed by atoms with Crippen LogP contribution in [0.15, 0.2) is 36.4 Å². The Balaban J connectivity index is 1.64. The van der Waals surface area contributed by atoms with E-state index in [9.17, 15) is 33.6 Å². The van der Waals surface area contributed by atoms with E-state index in [0.29, 0.717) is 28.1 Å². The minimum absolute atomic E-state index is 0.131. The minimum atomic E-state index is -4.28. The van der Waals surface area contributed by atoms with Crippen LogP contribution in [0.5, 0.6) is 0 Å². The number of rotatable bonds is 4. The summed E-state index contributed by atoms with van der Waals surface area (Å²) in [6, 6.07) is 9.55. The summed E-state index contributed by atoms with van der Waals surface area (Å²) in [4.78, 5) is -1.38. The molecule has 0 aromatic heterocycles. The Morgan fingerprint density at radius 3 is 2.34 bits per heavy atom. The van der Waals surface area contributed by atoms with Gasteiger partial charge >= 0.3 is 6.18 Å². The largest absolute Gasteiger partial charge is 0.395 e. The van der Waals surface area contributed by atoms with Crippen molar-refractivity contribution in [1.29, 1.82) is 0 Å². The SMILES string of the molecule is OC[C@H]1S[C@]2(OCc3cc(Cl)c(Cc4ccc(CC(F)(F)F)cc4)cc32)[C@H](O)[C@@H](O)[C@@H]1O. The van der Waals surface area contributed by atoms with Crippen molar-refractivity contribution in [1.82, 2.24) is 0 Å². The number of thioether (sulfide) groups is 1. The van der Waals surface area contributed by atoms with E-state index in [0.717, 1.165) is 17.3 Å². The van der Waals surface area contributed by atoms with Crippen LogP contribution in [0.3, 0.4) is 0 Å². The van der Waals surface area contributed by atoms with E-state index in [-0.39, 0.29) is 12.2 Å². The van der Waals surface area contributed by atoms with Crippen LogP contribution in [0.25, 0.3) is 0 Å². The first-order chi connectivity index (χ1) is 15.0. The summed E-state index contributed by atoms with van der Waals surface area (Å²) in [5.74, 6) is 0. The van der Waals surface area contributed by atoms with Crippen molar-refractivity contribution >= 4 is 23.4 Å². The van der Waals surface area contributed by atoms with Crippen LogP contribution in [0.1, 0.15) is 27.8 Å². The summed E-state index contributed by atoms with van der Waals surface area (Å²) in [5, 5.41) is 40.6. The zero-order valence-corrected chi connectivity index (χ0v) is 18.3. The van der Waals surface area contributed by atoms with Gasteiger partial charge in [0, 0.05) is 10.6 Å². The lowest BCUT2D eigenvalue weighted by Crippen LogP contribution is -2.58. The van der Waals surface area contributed by atoms with Crippen LogP contribution in [-0.2, 0) is 29.1 Å². The summed E-state index contributed by atoms with van der Waals surface area (Å²) < 4.78 is 43.6. The molecule has 0 bridgehead atoms. The van der Waals surface area contributed by atoms with E-state index in [4.69, 9.17) is 16.3 Å². The minimum Gasteiger partial charge on any atom is -0.395 e. The zero-order valence-electron chi connectivity index (χ0n) is 16.7. The third-order valence-electron chi connectivity index (χ3n) is 5.86. The molecule has 5 atom stereocenters. The number of benzene rings is 2. The molecule has 2 heterocycles. The first-order valence-electron chi connectivity index (χ1n) is 9.97. The molecule has 2 aromatic rings. The maximum absolute atomic E-state index is 12.6. The average molecular weight is 491 g/mol. The smallest absolute Gasteiger partial charge is 0.393 e. The lowest BCUT2D eigenvalue weighted by molar-refractivity contribution is -0.147. The monoisotopic (exact) mass is 490 g/mol. The number of hydrogen-bond acceptors (Lipinski definition) is 6. The van der Waals surface area contributed by atoms with Crippen LogP contribution in [0, 0.1) is 0 Å². The van der Waals surface area contributed by atoms with Crippen molar-refractivity contribution in [2.45, 2.75) is 54.1 Å². The van der Waals surface area contributed by atoms with E-state index in [1.807, 2.05) is 0 Å². The highest BCUT2D eigenvalue weighted by molar-refractivity contribution is 8.00. The number of fused-ring (bicyclic) bond motifs is 2. The predicted molar refractivity (Wildman–Crippen MR) is 113 cm³/mol. The van der Waals surface area contributed by atoms with Crippen molar-refractivity contribution in [3.63, 3.8) is 0 Å². The van der Waals surface area contributed by atoms with Crippen molar-refractivity contribution in [2.75, 3.05) is 6.61 Å². The second-order valence-electron chi connectivity index (χ2n) is 8.11. The molecule has 32 heavy (non-hydrogen) atoms. The fourth-order valence-corrected chi connectivity index (χ4v) is 6.01. The van der Waals surface area contributed by atoms with Gasteiger partial charge in [-0.15, -0.1) is 11.8 Å². The third kappa shape index (κ3) is 4.40. The van der Waals surface area contributed by atoms with Crippen molar-refractivity contribution < 1.29 is 38.3 Å². The third-order valence-corrected chi connectivity index (χ3v) is 7.87. The number of halogens is 4. The van der Waals surface area contributed by atoms with Crippen molar-refractivity contribution in [3.05, 3.63) is 69.2 Å². The fraction of sp³-hybridized carbons (Fsp3) is 0.455. The highest BCUT2D eigenvalue weighted by Crippen LogP contribution is 2.54. The van der Waals surface area contributed by atoms with Gasteiger partial charge in [0.1, 0.15) is 12.2 Å². The molecule has 2 aliphatic heterocycles. The van der Waals surface area contributed by atoms with Crippen LogP contribution in [0.2, 0.25) is 5.02 Å². The molecule has 0 radical (unpaired) electrons. The molecule has 4 N–H and O–H groups in total.